The highest BCUT2D eigenvalue weighted by molar-refractivity contribution is 5.51. The molecular weight excluding hydrogens is 140 g/mol. The molecule has 0 spiro atoms. The second-order valence-corrected chi connectivity index (χ2v) is 2.64. The van der Waals surface area contributed by atoms with Crippen molar-refractivity contribution in [3.63, 3.8) is 0 Å². The number of ether oxygens (including phenoxy) is 1. The minimum Gasteiger partial charge on any atom is -0.477 e. The lowest BCUT2D eigenvalue weighted by atomic mass is 10.1. The van der Waals surface area contributed by atoms with Gasteiger partial charge in [-0.25, -0.2) is 4.98 Å². The monoisotopic (exact) mass is 150 g/mol. The topological polar surface area (TPSA) is 48.1 Å². The molecule has 0 bridgehead atoms. The summed E-state index contributed by atoms with van der Waals surface area (Å²) < 4.78 is 5.31. The Morgan fingerprint density at radius 1 is 1.55 bits per heavy atom. The van der Waals surface area contributed by atoms with Gasteiger partial charge < -0.3 is 10.5 Å². The molecule has 0 aromatic carbocycles. The Labute approximate surface area is 65.2 Å². The Morgan fingerprint density at radius 2 is 2.45 bits per heavy atom. The summed E-state index contributed by atoms with van der Waals surface area (Å²) in [5, 5.41) is 0. The van der Waals surface area contributed by atoms with E-state index in [1.54, 1.807) is 6.20 Å². The molecule has 0 saturated heterocycles. The first-order chi connectivity index (χ1) is 5.38. The molecule has 3 heteroatoms. The lowest BCUT2D eigenvalue weighted by Gasteiger charge is -2.16. The Morgan fingerprint density at radius 3 is 3.27 bits per heavy atom. The highest BCUT2D eigenvalue weighted by Gasteiger charge is 2.12. The van der Waals surface area contributed by atoms with Gasteiger partial charge in [0, 0.05) is 17.4 Å². The van der Waals surface area contributed by atoms with Crippen molar-refractivity contribution in [1.82, 2.24) is 4.98 Å². The number of nitrogen functional groups attached to an aromatic ring is 1. The fourth-order valence-electron chi connectivity index (χ4n) is 1.28. The van der Waals surface area contributed by atoms with Crippen LogP contribution in [0, 0.1) is 0 Å². The number of hydrogen-bond acceptors (Lipinski definition) is 3. The molecule has 0 fully saturated rings. The molecule has 0 amide bonds. The molecule has 2 rings (SSSR count). The largest absolute Gasteiger partial charge is 0.477 e. The van der Waals surface area contributed by atoms with Gasteiger partial charge in [-0.15, -0.1) is 0 Å². The first kappa shape index (κ1) is 6.46. The molecular formula is C8H10N2O. The number of hydrogen-bond donors (Lipinski definition) is 1. The van der Waals surface area contributed by atoms with Gasteiger partial charge in [0.2, 0.25) is 5.88 Å². The van der Waals surface area contributed by atoms with Crippen LogP contribution in [0.1, 0.15) is 12.0 Å². The maximum atomic E-state index is 5.72. The number of anilines is 1. The van der Waals surface area contributed by atoms with Crippen LogP contribution < -0.4 is 10.5 Å². The third kappa shape index (κ3) is 1.02. The lowest BCUT2D eigenvalue weighted by Crippen LogP contribution is -2.11. The SMILES string of the molecule is Nc1ccnc2c1CCCO2. The molecule has 0 atom stereocenters. The van der Waals surface area contributed by atoms with Crippen LogP contribution in [0.5, 0.6) is 5.88 Å². The predicted molar refractivity (Wildman–Crippen MR) is 42.5 cm³/mol. The van der Waals surface area contributed by atoms with E-state index in [-0.39, 0.29) is 0 Å². The highest BCUT2D eigenvalue weighted by atomic mass is 16.5. The van der Waals surface area contributed by atoms with E-state index in [0.29, 0.717) is 0 Å². The van der Waals surface area contributed by atoms with E-state index in [4.69, 9.17) is 10.5 Å². The Bertz CT molecular complexity index is 273. The smallest absolute Gasteiger partial charge is 0.218 e. The van der Waals surface area contributed by atoms with Crippen LogP contribution in [0.25, 0.3) is 0 Å². The van der Waals surface area contributed by atoms with Gasteiger partial charge in [-0.2, -0.15) is 0 Å². The van der Waals surface area contributed by atoms with Crippen molar-refractivity contribution in [2.75, 3.05) is 12.3 Å². The van der Waals surface area contributed by atoms with Crippen LogP contribution in [0.15, 0.2) is 12.3 Å². The molecule has 1 aromatic heterocycles. The van der Waals surface area contributed by atoms with Gasteiger partial charge in [0.15, 0.2) is 0 Å². The Hall–Kier alpha value is -1.25. The van der Waals surface area contributed by atoms with Crippen molar-refractivity contribution in [1.29, 1.82) is 0 Å². The number of pyridine rings is 1. The number of rotatable bonds is 0. The van der Waals surface area contributed by atoms with Crippen LogP contribution in [0.3, 0.4) is 0 Å². The summed E-state index contributed by atoms with van der Waals surface area (Å²) >= 11 is 0. The van der Waals surface area contributed by atoms with Crippen LogP contribution in [0.4, 0.5) is 5.69 Å². The summed E-state index contributed by atoms with van der Waals surface area (Å²) in [5.41, 5.74) is 7.59. The summed E-state index contributed by atoms with van der Waals surface area (Å²) in [7, 11) is 0. The molecule has 58 valence electrons. The molecule has 2 N–H and O–H groups in total. The molecule has 1 aromatic rings. The first-order valence-corrected chi connectivity index (χ1v) is 3.74. The van der Waals surface area contributed by atoms with Crippen molar-refractivity contribution >= 4 is 5.69 Å². The molecule has 11 heavy (non-hydrogen) atoms. The van der Waals surface area contributed by atoms with Crippen molar-refractivity contribution in [2.45, 2.75) is 12.8 Å². The zero-order valence-corrected chi connectivity index (χ0v) is 6.21. The molecule has 2 heterocycles. The summed E-state index contributed by atoms with van der Waals surface area (Å²) in [6, 6.07) is 1.81. The predicted octanol–water partition coefficient (Wildman–Crippen LogP) is 0.989. The fourth-order valence-corrected chi connectivity index (χ4v) is 1.28. The third-order valence-electron chi connectivity index (χ3n) is 1.86. The van der Waals surface area contributed by atoms with Gasteiger partial charge in [-0.05, 0) is 18.9 Å². The number of nitrogens with two attached hydrogens (primary N) is 1. The van der Waals surface area contributed by atoms with E-state index in [1.807, 2.05) is 6.07 Å². The molecule has 3 nitrogen and oxygen atoms in total. The molecule has 0 unspecified atom stereocenters. The van der Waals surface area contributed by atoms with E-state index in [9.17, 15) is 0 Å². The second kappa shape index (κ2) is 2.42. The minimum absolute atomic E-state index is 0.719. The van der Waals surface area contributed by atoms with Gasteiger partial charge in [-0.3, -0.25) is 0 Å². The average Bonchev–Trinajstić information content (AvgIpc) is 2.06. The fraction of sp³-hybridized carbons (Fsp3) is 0.375. The number of aromatic nitrogens is 1. The highest BCUT2D eigenvalue weighted by Crippen LogP contribution is 2.26. The molecule has 0 radical (unpaired) electrons. The third-order valence-corrected chi connectivity index (χ3v) is 1.86. The summed E-state index contributed by atoms with van der Waals surface area (Å²) in [6.07, 6.45) is 3.72. The van der Waals surface area contributed by atoms with Crippen LogP contribution in [0.2, 0.25) is 0 Å². The van der Waals surface area contributed by atoms with E-state index in [1.165, 1.54) is 0 Å². The van der Waals surface area contributed by atoms with Crippen LogP contribution in [-0.4, -0.2) is 11.6 Å². The molecule has 1 aliphatic heterocycles. The lowest BCUT2D eigenvalue weighted by molar-refractivity contribution is 0.277. The summed E-state index contributed by atoms with van der Waals surface area (Å²) in [5.74, 6) is 0.719. The van der Waals surface area contributed by atoms with E-state index < -0.39 is 0 Å². The first-order valence-electron chi connectivity index (χ1n) is 3.74. The molecule has 0 aliphatic carbocycles. The van der Waals surface area contributed by atoms with Crippen LogP contribution in [-0.2, 0) is 6.42 Å². The zero-order chi connectivity index (χ0) is 7.68. The minimum atomic E-state index is 0.719. The quantitative estimate of drug-likeness (QED) is 0.600. The maximum Gasteiger partial charge on any atom is 0.218 e. The molecule has 0 saturated carbocycles. The second-order valence-electron chi connectivity index (χ2n) is 2.64. The number of nitrogens with zero attached hydrogens (tertiary/aromatic N) is 1. The van der Waals surface area contributed by atoms with E-state index in [0.717, 1.165) is 36.6 Å². The standard InChI is InChI=1S/C8H10N2O/c9-7-3-4-10-8-6(7)2-1-5-11-8/h3-4H,1-2,5H2,(H2,9,10). The Kier molecular flexibility index (Phi) is 1.42. The average molecular weight is 150 g/mol. The van der Waals surface area contributed by atoms with Gasteiger partial charge in [0.25, 0.3) is 0 Å². The van der Waals surface area contributed by atoms with Gasteiger partial charge in [-0.1, -0.05) is 0 Å². The van der Waals surface area contributed by atoms with Crippen molar-refractivity contribution in [3.05, 3.63) is 17.8 Å². The maximum absolute atomic E-state index is 5.72. The van der Waals surface area contributed by atoms with Gasteiger partial charge in [0.05, 0.1) is 6.61 Å². The van der Waals surface area contributed by atoms with Crippen molar-refractivity contribution in [3.8, 4) is 5.88 Å². The van der Waals surface area contributed by atoms with E-state index in [2.05, 4.69) is 4.98 Å². The summed E-state index contributed by atoms with van der Waals surface area (Å²) in [6.45, 7) is 0.767. The Balaban J connectivity index is 2.49. The van der Waals surface area contributed by atoms with Crippen LogP contribution >= 0.6 is 0 Å². The van der Waals surface area contributed by atoms with E-state index >= 15 is 0 Å². The van der Waals surface area contributed by atoms with Gasteiger partial charge in [0.1, 0.15) is 0 Å². The van der Waals surface area contributed by atoms with Gasteiger partial charge >= 0.3 is 0 Å². The van der Waals surface area contributed by atoms with Crippen molar-refractivity contribution in [2.24, 2.45) is 0 Å². The van der Waals surface area contributed by atoms with Crippen molar-refractivity contribution < 1.29 is 4.74 Å². The normalized spacial score (nSPS) is 15.3. The zero-order valence-electron chi connectivity index (χ0n) is 6.21. The molecule has 1 aliphatic rings. The summed E-state index contributed by atoms with van der Waals surface area (Å²) in [4.78, 5) is 4.08. The number of fused-ring (bicyclic) bond motifs is 1.